The minimum absolute atomic E-state index is 0.203. The molecular formula is C18H19F2NO2. The van der Waals surface area contributed by atoms with Crippen LogP contribution in [0.25, 0.3) is 0 Å². The molecule has 122 valence electrons. The summed E-state index contributed by atoms with van der Waals surface area (Å²) in [6.45, 7) is 1.42. The summed E-state index contributed by atoms with van der Waals surface area (Å²) in [5.41, 5.74) is 3.09. The van der Waals surface area contributed by atoms with Crippen LogP contribution in [0.3, 0.4) is 0 Å². The van der Waals surface area contributed by atoms with Crippen LogP contribution >= 0.6 is 0 Å². The Labute approximate surface area is 134 Å². The van der Waals surface area contributed by atoms with Crippen molar-refractivity contribution in [3.63, 3.8) is 0 Å². The van der Waals surface area contributed by atoms with Gasteiger partial charge in [0.2, 0.25) is 0 Å². The van der Waals surface area contributed by atoms with E-state index < -0.39 is 6.61 Å². The molecule has 3 nitrogen and oxygen atoms in total. The van der Waals surface area contributed by atoms with Gasteiger partial charge in [-0.05, 0) is 55.0 Å². The molecule has 0 aliphatic carbocycles. The van der Waals surface area contributed by atoms with Gasteiger partial charge in [0, 0.05) is 23.3 Å². The van der Waals surface area contributed by atoms with Crippen LogP contribution in [0.4, 0.5) is 20.2 Å². The quantitative estimate of drug-likeness (QED) is 0.796. The summed E-state index contributed by atoms with van der Waals surface area (Å²) in [4.78, 5) is 2.21. The molecule has 3 rings (SSSR count). The topological polar surface area (TPSA) is 21.7 Å². The van der Waals surface area contributed by atoms with Crippen LogP contribution in [0.1, 0.15) is 25.3 Å². The molecule has 0 spiro atoms. The van der Waals surface area contributed by atoms with Gasteiger partial charge in [-0.1, -0.05) is 6.92 Å². The average molecular weight is 319 g/mol. The summed E-state index contributed by atoms with van der Waals surface area (Å²) in [6.07, 6.45) is 0. The molecule has 0 bridgehead atoms. The molecule has 0 fully saturated rings. The zero-order valence-corrected chi connectivity index (χ0v) is 13.3. The summed E-state index contributed by atoms with van der Waals surface area (Å²) in [6, 6.07) is 13.2. The second-order valence-corrected chi connectivity index (χ2v) is 5.70. The summed E-state index contributed by atoms with van der Waals surface area (Å²) in [5, 5.41) is 0. The van der Waals surface area contributed by atoms with Crippen molar-refractivity contribution in [2.45, 2.75) is 32.4 Å². The number of benzene rings is 2. The molecule has 2 aromatic carbocycles. The van der Waals surface area contributed by atoms with E-state index in [0.29, 0.717) is 0 Å². The smallest absolute Gasteiger partial charge is 0.387 e. The first kappa shape index (κ1) is 15.6. The van der Waals surface area contributed by atoms with Crippen LogP contribution in [0, 0.1) is 0 Å². The van der Waals surface area contributed by atoms with Gasteiger partial charge < -0.3 is 14.4 Å². The van der Waals surface area contributed by atoms with E-state index >= 15 is 0 Å². The molecule has 0 saturated heterocycles. The number of alkyl halides is 2. The molecule has 0 saturated carbocycles. The van der Waals surface area contributed by atoms with E-state index in [1.165, 1.54) is 0 Å². The number of fused-ring (bicyclic) bond motifs is 1. The zero-order chi connectivity index (χ0) is 16.6. The Hall–Kier alpha value is -2.30. The number of hydrogen-bond acceptors (Lipinski definition) is 3. The van der Waals surface area contributed by atoms with Crippen LogP contribution in [0.15, 0.2) is 42.5 Å². The summed E-state index contributed by atoms with van der Waals surface area (Å²) < 4.78 is 34.6. The van der Waals surface area contributed by atoms with Gasteiger partial charge in [-0.3, -0.25) is 0 Å². The van der Waals surface area contributed by atoms with Crippen LogP contribution in [0.2, 0.25) is 0 Å². The van der Waals surface area contributed by atoms with Crippen LogP contribution in [0.5, 0.6) is 11.5 Å². The summed E-state index contributed by atoms with van der Waals surface area (Å²) >= 11 is 0. The standard InChI is InChI=1S/C18H19F2NO2/c1-11-12(2)21(13-4-6-14(22-3)7-5-13)17-9-8-15(10-16(11)17)23-18(19)20/h4-12,18H,1-3H3. The van der Waals surface area contributed by atoms with Crippen LogP contribution in [-0.4, -0.2) is 19.8 Å². The van der Waals surface area contributed by atoms with Crippen molar-refractivity contribution in [1.29, 1.82) is 0 Å². The van der Waals surface area contributed by atoms with Gasteiger partial charge >= 0.3 is 6.61 Å². The van der Waals surface area contributed by atoms with E-state index in [4.69, 9.17) is 4.74 Å². The molecule has 0 aromatic heterocycles. The van der Waals surface area contributed by atoms with Crippen molar-refractivity contribution < 1.29 is 18.3 Å². The second kappa shape index (κ2) is 6.07. The molecule has 5 heteroatoms. The molecule has 2 unspecified atom stereocenters. The molecule has 23 heavy (non-hydrogen) atoms. The van der Waals surface area contributed by atoms with E-state index in [1.54, 1.807) is 19.2 Å². The van der Waals surface area contributed by atoms with Gasteiger partial charge in [-0.15, -0.1) is 0 Å². The number of ether oxygens (including phenoxy) is 2. The maximum absolute atomic E-state index is 12.4. The zero-order valence-electron chi connectivity index (χ0n) is 13.3. The first-order valence-electron chi connectivity index (χ1n) is 7.53. The molecule has 2 aromatic rings. The SMILES string of the molecule is COc1ccc(N2c3ccc(OC(F)F)cc3C(C)C2C)cc1. The van der Waals surface area contributed by atoms with Crippen molar-refractivity contribution in [2.24, 2.45) is 0 Å². The number of rotatable bonds is 4. The van der Waals surface area contributed by atoms with Crippen molar-refractivity contribution in [1.82, 2.24) is 0 Å². The maximum Gasteiger partial charge on any atom is 0.387 e. The highest BCUT2D eigenvalue weighted by molar-refractivity contribution is 5.73. The van der Waals surface area contributed by atoms with Crippen LogP contribution < -0.4 is 14.4 Å². The largest absolute Gasteiger partial charge is 0.497 e. The third kappa shape index (κ3) is 2.83. The minimum Gasteiger partial charge on any atom is -0.497 e. The Bertz CT molecular complexity index is 688. The first-order chi connectivity index (χ1) is 11.0. The monoisotopic (exact) mass is 319 g/mol. The molecule has 2 atom stereocenters. The third-order valence-corrected chi connectivity index (χ3v) is 4.46. The highest BCUT2D eigenvalue weighted by Gasteiger charge is 2.34. The van der Waals surface area contributed by atoms with Gasteiger partial charge in [0.05, 0.1) is 7.11 Å². The first-order valence-corrected chi connectivity index (χ1v) is 7.53. The lowest BCUT2D eigenvalue weighted by molar-refractivity contribution is -0.0498. The molecule has 1 aliphatic rings. The van der Waals surface area contributed by atoms with Crippen molar-refractivity contribution in [3.05, 3.63) is 48.0 Å². The highest BCUT2D eigenvalue weighted by atomic mass is 19.3. The molecular weight excluding hydrogens is 300 g/mol. The Morgan fingerprint density at radius 2 is 1.65 bits per heavy atom. The number of nitrogens with zero attached hydrogens (tertiary/aromatic N) is 1. The Balaban J connectivity index is 1.98. The van der Waals surface area contributed by atoms with Gasteiger partial charge in [0.1, 0.15) is 11.5 Å². The number of halogens is 2. The summed E-state index contributed by atoms with van der Waals surface area (Å²) in [5.74, 6) is 1.22. The lowest BCUT2D eigenvalue weighted by Gasteiger charge is -2.26. The van der Waals surface area contributed by atoms with Crippen molar-refractivity contribution in [3.8, 4) is 11.5 Å². The van der Waals surface area contributed by atoms with E-state index in [9.17, 15) is 8.78 Å². The van der Waals surface area contributed by atoms with Gasteiger partial charge in [0.25, 0.3) is 0 Å². The number of methoxy groups -OCH3 is 1. The number of anilines is 2. The third-order valence-electron chi connectivity index (χ3n) is 4.46. The molecule has 1 heterocycles. The minimum atomic E-state index is -2.81. The average Bonchev–Trinajstić information content (AvgIpc) is 2.79. The number of hydrogen-bond donors (Lipinski definition) is 0. The fourth-order valence-corrected chi connectivity index (χ4v) is 3.11. The normalized spacial score (nSPS) is 19.8. The molecule has 1 aliphatic heterocycles. The predicted octanol–water partition coefficient (Wildman–Crippen LogP) is 4.94. The Kier molecular flexibility index (Phi) is 4.11. The molecule has 0 radical (unpaired) electrons. The van der Waals surface area contributed by atoms with Gasteiger partial charge in [-0.2, -0.15) is 8.78 Å². The highest BCUT2D eigenvalue weighted by Crippen LogP contribution is 2.46. The Morgan fingerprint density at radius 3 is 2.26 bits per heavy atom. The fourth-order valence-electron chi connectivity index (χ4n) is 3.11. The van der Waals surface area contributed by atoms with Crippen molar-refractivity contribution >= 4 is 11.4 Å². The molecule has 0 N–H and O–H groups in total. The van der Waals surface area contributed by atoms with Crippen LogP contribution in [-0.2, 0) is 0 Å². The fraction of sp³-hybridized carbons (Fsp3) is 0.333. The molecule has 0 amide bonds. The summed E-state index contributed by atoms with van der Waals surface area (Å²) in [7, 11) is 1.63. The van der Waals surface area contributed by atoms with E-state index in [0.717, 1.165) is 22.7 Å². The van der Waals surface area contributed by atoms with Gasteiger partial charge in [-0.25, -0.2) is 0 Å². The van der Waals surface area contributed by atoms with E-state index in [1.807, 2.05) is 30.3 Å². The van der Waals surface area contributed by atoms with Gasteiger partial charge in [0.15, 0.2) is 0 Å². The second-order valence-electron chi connectivity index (χ2n) is 5.70. The van der Waals surface area contributed by atoms with E-state index in [-0.39, 0.29) is 17.7 Å². The lowest BCUT2D eigenvalue weighted by atomic mass is 9.98. The van der Waals surface area contributed by atoms with E-state index in [2.05, 4.69) is 23.5 Å². The lowest BCUT2D eigenvalue weighted by Crippen LogP contribution is -2.25. The van der Waals surface area contributed by atoms with Crippen molar-refractivity contribution in [2.75, 3.05) is 12.0 Å². The Morgan fingerprint density at radius 1 is 1.00 bits per heavy atom. The maximum atomic E-state index is 12.4. The predicted molar refractivity (Wildman–Crippen MR) is 86.1 cm³/mol.